The van der Waals surface area contributed by atoms with Crippen LogP contribution in [0.3, 0.4) is 0 Å². The predicted octanol–water partition coefficient (Wildman–Crippen LogP) is 17.5. The molecule has 0 atom stereocenters. The Kier molecular flexibility index (Phi) is 12.6. The molecule has 0 unspecified atom stereocenters. The van der Waals surface area contributed by atoms with E-state index >= 15 is 0 Å². The summed E-state index contributed by atoms with van der Waals surface area (Å²) in [5.41, 5.74) is 16.8. The van der Waals surface area contributed by atoms with Crippen LogP contribution in [0.25, 0.3) is 49.9 Å². The van der Waals surface area contributed by atoms with Crippen LogP contribution in [0.4, 0.5) is 22.7 Å². The van der Waals surface area contributed by atoms with Crippen LogP contribution in [0.1, 0.15) is 83.2 Å². The molecule has 0 fully saturated rings. The standard InChI is InChI=1S/C66H59N4O.Pt/c1-44-34-63(67-42-58(44)47-22-18-25-49(35-47)66(8,9)48-23-14-11-15-24-48)70-59-33-30-46(45-20-12-10-13-21-45)36-57(59)56-32-31-55(41-62(56)70)71-54-27-19-26-52(40-54)68-43-69(61-29-17-16-28-60(61)68)53-38-50(64(2,3)4)37-51(39-53)65(5,6)7;/h10-39,42-43H,1-9H3;/q-3;. The Hall–Kier alpha value is -7.20. The molecule has 0 N–H and O–H groups in total. The van der Waals surface area contributed by atoms with Gasteiger partial charge in [0, 0.05) is 72.3 Å². The molecule has 3 heterocycles. The molecule has 0 saturated carbocycles. The van der Waals surface area contributed by atoms with E-state index in [4.69, 9.17) is 9.72 Å². The topological polar surface area (TPSA) is 33.5 Å². The van der Waals surface area contributed by atoms with Gasteiger partial charge in [-0.05, 0) is 104 Å². The van der Waals surface area contributed by atoms with Crippen LogP contribution in [-0.2, 0) is 37.3 Å². The number of ether oxygens (including phenoxy) is 1. The Morgan fingerprint density at radius 3 is 1.82 bits per heavy atom. The average Bonchev–Trinajstić information content (AvgIpc) is 3.92. The van der Waals surface area contributed by atoms with Crippen molar-refractivity contribution in [3.8, 4) is 39.6 Å². The molecule has 0 aliphatic carbocycles. The van der Waals surface area contributed by atoms with Gasteiger partial charge in [-0.15, -0.1) is 48.1 Å². The summed E-state index contributed by atoms with van der Waals surface area (Å²) in [4.78, 5) is 9.73. The number of nitrogens with zero attached hydrogens (tertiary/aromatic N) is 4. The van der Waals surface area contributed by atoms with E-state index < -0.39 is 0 Å². The van der Waals surface area contributed by atoms with Gasteiger partial charge in [0.2, 0.25) is 0 Å². The van der Waals surface area contributed by atoms with Crippen LogP contribution < -0.4 is 14.5 Å². The van der Waals surface area contributed by atoms with Crippen molar-refractivity contribution in [1.82, 2.24) is 9.55 Å². The second-order valence-corrected chi connectivity index (χ2v) is 21.6. The molecule has 1 aliphatic rings. The second kappa shape index (κ2) is 18.8. The summed E-state index contributed by atoms with van der Waals surface area (Å²) in [6.45, 7) is 22.6. The number of rotatable bonds is 9. The molecule has 11 rings (SSSR count). The molecular weight excluding hydrogens is 1060 g/mol. The van der Waals surface area contributed by atoms with Gasteiger partial charge in [0.05, 0.1) is 0 Å². The minimum Gasteiger partial charge on any atom is -0.509 e. The van der Waals surface area contributed by atoms with Crippen LogP contribution >= 0.6 is 0 Å². The van der Waals surface area contributed by atoms with Gasteiger partial charge in [-0.2, -0.15) is 12.1 Å². The summed E-state index contributed by atoms with van der Waals surface area (Å²) in [5, 5.41) is 2.18. The summed E-state index contributed by atoms with van der Waals surface area (Å²) in [6, 6.07) is 72.2. The van der Waals surface area contributed by atoms with Gasteiger partial charge in [0.25, 0.3) is 0 Å². The molecule has 5 nitrogen and oxygen atoms in total. The predicted molar refractivity (Wildman–Crippen MR) is 296 cm³/mol. The smallest absolute Gasteiger partial charge is 0.135 e. The van der Waals surface area contributed by atoms with Crippen molar-refractivity contribution in [2.24, 2.45) is 0 Å². The third-order valence-electron chi connectivity index (χ3n) is 14.3. The number of fused-ring (bicyclic) bond motifs is 4. The molecule has 8 aromatic carbocycles. The molecule has 72 heavy (non-hydrogen) atoms. The Labute approximate surface area is 440 Å². The van der Waals surface area contributed by atoms with Gasteiger partial charge in [-0.25, -0.2) is 4.98 Å². The van der Waals surface area contributed by atoms with E-state index in [0.717, 1.165) is 72.6 Å². The number of aromatic nitrogens is 2. The molecule has 2 aromatic heterocycles. The molecule has 362 valence electrons. The van der Waals surface area contributed by atoms with E-state index in [9.17, 15) is 0 Å². The molecule has 0 saturated heterocycles. The van der Waals surface area contributed by atoms with E-state index in [1.54, 1.807) is 0 Å². The zero-order valence-electron chi connectivity index (χ0n) is 42.5. The minimum atomic E-state index is -0.163. The summed E-state index contributed by atoms with van der Waals surface area (Å²) < 4.78 is 8.97. The van der Waals surface area contributed by atoms with Crippen LogP contribution in [0.2, 0.25) is 0 Å². The van der Waals surface area contributed by atoms with Crippen LogP contribution in [0, 0.1) is 25.7 Å². The average molecular weight is 1120 g/mol. The van der Waals surface area contributed by atoms with Crippen molar-refractivity contribution < 1.29 is 25.8 Å². The Bertz CT molecular complexity index is 3590. The first-order valence-electron chi connectivity index (χ1n) is 24.7. The summed E-state index contributed by atoms with van der Waals surface area (Å²) in [7, 11) is 0. The third-order valence-corrected chi connectivity index (χ3v) is 14.3. The normalized spacial score (nSPS) is 12.8. The number of anilines is 4. The third kappa shape index (κ3) is 9.05. The monoisotopic (exact) mass is 1120 g/mol. The number of aryl methyl sites for hydroxylation is 1. The molecule has 0 bridgehead atoms. The van der Waals surface area contributed by atoms with E-state index in [2.05, 4.69) is 259 Å². The largest absolute Gasteiger partial charge is 0.509 e. The summed E-state index contributed by atoms with van der Waals surface area (Å²) >= 11 is 0. The van der Waals surface area contributed by atoms with Crippen LogP contribution in [0.15, 0.2) is 188 Å². The van der Waals surface area contributed by atoms with Crippen LogP contribution in [0.5, 0.6) is 11.5 Å². The first-order valence-corrected chi connectivity index (χ1v) is 24.7. The van der Waals surface area contributed by atoms with Gasteiger partial charge in [-0.1, -0.05) is 176 Å². The van der Waals surface area contributed by atoms with E-state index in [0.29, 0.717) is 11.5 Å². The summed E-state index contributed by atoms with van der Waals surface area (Å²) in [5.74, 6) is 2.00. The van der Waals surface area contributed by atoms with Crippen molar-refractivity contribution >= 4 is 44.6 Å². The maximum absolute atomic E-state index is 6.74. The Morgan fingerprint density at radius 1 is 0.500 bits per heavy atom. The van der Waals surface area contributed by atoms with Gasteiger partial charge in [0.15, 0.2) is 0 Å². The molecule has 10 aromatic rings. The first kappa shape index (κ1) is 48.4. The van der Waals surface area contributed by atoms with Gasteiger partial charge in [-0.3, -0.25) is 0 Å². The van der Waals surface area contributed by atoms with Crippen molar-refractivity contribution in [2.45, 2.75) is 78.6 Å². The van der Waals surface area contributed by atoms with Crippen molar-refractivity contribution in [3.63, 3.8) is 0 Å². The number of hydrogen-bond acceptors (Lipinski definition) is 4. The number of hydrogen-bond donors (Lipinski definition) is 0. The number of para-hydroxylation sites is 2. The van der Waals surface area contributed by atoms with Crippen LogP contribution in [-0.4, -0.2) is 9.55 Å². The maximum Gasteiger partial charge on any atom is 0.135 e. The zero-order valence-corrected chi connectivity index (χ0v) is 44.8. The van der Waals surface area contributed by atoms with E-state index in [-0.39, 0.29) is 37.3 Å². The summed E-state index contributed by atoms with van der Waals surface area (Å²) in [6.07, 6.45) is 2.02. The number of benzene rings is 8. The first-order chi connectivity index (χ1) is 34.1. The quantitative estimate of drug-likeness (QED) is 0.135. The fourth-order valence-corrected chi connectivity index (χ4v) is 9.98. The van der Waals surface area contributed by atoms with Gasteiger partial charge < -0.3 is 19.1 Å². The number of pyridine rings is 1. The molecule has 0 radical (unpaired) electrons. The fourth-order valence-electron chi connectivity index (χ4n) is 9.98. The fraction of sp³-hybridized carbons (Fsp3) is 0.182. The Morgan fingerprint density at radius 2 is 1.12 bits per heavy atom. The molecule has 6 heteroatoms. The van der Waals surface area contributed by atoms with E-state index in [1.165, 1.54) is 27.8 Å². The zero-order chi connectivity index (χ0) is 49.2. The Balaban J connectivity index is 0.00000596. The molecule has 1 aliphatic heterocycles. The van der Waals surface area contributed by atoms with Gasteiger partial charge in [0.1, 0.15) is 5.82 Å². The SMILES string of the molecule is Cc1cc(-n2c3[c-]c(Oc4[c-]c(N5[CH-]N(c6cc(C(C)(C)C)cc(C(C)(C)C)c6)c6ccccc65)ccc4)ccc3c3cc(-c4ccccc4)ccc32)ncc1-c1cccc(C(C)(C)c2ccccc2)c1.[Pt]. The maximum atomic E-state index is 6.74. The van der Waals surface area contributed by atoms with Crippen molar-refractivity contribution in [2.75, 3.05) is 9.80 Å². The molecule has 0 amide bonds. The minimum absolute atomic E-state index is 0. The second-order valence-electron chi connectivity index (χ2n) is 21.6. The van der Waals surface area contributed by atoms with Crippen molar-refractivity contribution in [3.05, 3.63) is 235 Å². The van der Waals surface area contributed by atoms with Gasteiger partial charge >= 0.3 is 0 Å². The molecular formula is C66H59N4OPt-3. The molecule has 0 spiro atoms. The van der Waals surface area contributed by atoms with E-state index in [1.807, 2.05) is 24.4 Å². The van der Waals surface area contributed by atoms with Crippen molar-refractivity contribution in [1.29, 1.82) is 0 Å².